The number of fused-ring (bicyclic) bond motifs is 1. The lowest BCUT2D eigenvalue weighted by atomic mass is 9.87. The van der Waals surface area contributed by atoms with E-state index in [0.717, 1.165) is 28.4 Å². The SMILES string of the molecule is Clc1ccc2c(NCCC3CCCCC3)ccnc2c1. The van der Waals surface area contributed by atoms with Gasteiger partial charge in [-0.2, -0.15) is 0 Å². The summed E-state index contributed by atoms with van der Waals surface area (Å²) >= 11 is 6.02. The molecule has 1 aromatic heterocycles. The first-order chi connectivity index (χ1) is 9.83. The Labute approximate surface area is 125 Å². The molecule has 0 unspecified atom stereocenters. The minimum atomic E-state index is 0.740. The molecule has 106 valence electrons. The van der Waals surface area contributed by atoms with Gasteiger partial charge < -0.3 is 5.32 Å². The van der Waals surface area contributed by atoms with Gasteiger partial charge in [-0.25, -0.2) is 0 Å². The number of benzene rings is 1. The van der Waals surface area contributed by atoms with E-state index >= 15 is 0 Å². The molecule has 0 atom stereocenters. The van der Waals surface area contributed by atoms with Crippen LogP contribution in [0.3, 0.4) is 0 Å². The fourth-order valence-electron chi connectivity index (χ4n) is 3.16. The van der Waals surface area contributed by atoms with Crippen LogP contribution in [-0.4, -0.2) is 11.5 Å². The van der Waals surface area contributed by atoms with Crippen molar-refractivity contribution in [1.82, 2.24) is 4.98 Å². The molecule has 0 spiro atoms. The second-order valence-electron chi connectivity index (χ2n) is 5.74. The molecule has 3 heteroatoms. The molecule has 0 radical (unpaired) electrons. The summed E-state index contributed by atoms with van der Waals surface area (Å²) in [7, 11) is 0. The third-order valence-electron chi connectivity index (χ3n) is 4.30. The molecule has 20 heavy (non-hydrogen) atoms. The van der Waals surface area contributed by atoms with E-state index in [1.54, 1.807) is 0 Å². The fourth-order valence-corrected chi connectivity index (χ4v) is 3.33. The summed E-state index contributed by atoms with van der Waals surface area (Å²) in [4.78, 5) is 4.38. The summed E-state index contributed by atoms with van der Waals surface area (Å²) in [5.74, 6) is 0.916. The van der Waals surface area contributed by atoms with Crippen LogP contribution < -0.4 is 5.32 Å². The van der Waals surface area contributed by atoms with E-state index in [1.807, 2.05) is 24.4 Å². The topological polar surface area (TPSA) is 24.9 Å². The number of hydrogen-bond acceptors (Lipinski definition) is 2. The number of nitrogens with one attached hydrogen (secondary N) is 1. The average molecular weight is 289 g/mol. The van der Waals surface area contributed by atoms with Crippen LogP contribution in [0.2, 0.25) is 5.02 Å². The van der Waals surface area contributed by atoms with E-state index in [2.05, 4.69) is 16.4 Å². The lowest BCUT2D eigenvalue weighted by molar-refractivity contribution is 0.345. The first-order valence-electron chi connectivity index (χ1n) is 7.61. The quantitative estimate of drug-likeness (QED) is 0.829. The zero-order valence-corrected chi connectivity index (χ0v) is 12.5. The first-order valence-corrected chi connectivity index (χ1v) is 7.99. The zero-order chi connectivity index (χ0) is 13.8. The Balaban J connectivity index is 1.65. The number of nitrogens with zero attached hydrogens (tertiary/aromatic N) is 1. The van der Waals surface area contributed by atoms with Gasteiger partial charge in [-0.05, 0) is 36.6 Å². The smallest absolute Gasteiger partial charge is 0.0737 e. The Morgan fingerprint density at radius 2 is 2.00 bits per heavy atom. The van der Waals surface area contributed by atoms with Crippen LogP contribution in [0.5, 0.6) is 0 Å². The van der Waals surface area contributed by atoms with Gasteiger partial charge in [-0.15, -0.1) is 0 Å². The zero-order valence-electron chi connectivity index (χ0n) is 11.7. The molecular weight excluding hydrogens is 268 g/mol. The number of aromatic nitrogens is 1. The summed E-state index contributed by atoms with van der Waals surface area (Å²) in [6.45, 7) is 1.05. The second kappa shape index (κ2) is 6.45. The van der Waals surface area contributed by atoms with E-state index in [-0.39, 0.29) is 0 Å². The molecule has 1 aliphatic rings. The van der Waals surface area contributed by atoms with Gasteiger partial charge in [0.2, 0.25) is 0 Å². The molecule has 1 N–H and O–H groups in total. The summed E-state index contributed by atoms with van der Waals surface area (Å²) in [6, 6.07) is 7.95. The number of halogens is 1. The van der Waals surface area contributed by atoms with Gasteiger partial charge in [-0.1, -0.05) is 43.7 Å². The molecule has 1 aromatic carbocycles. The molecule has 0 saturated heterocycles. The highest BCUT2D eigenvalue weighted by Crippen LogP contribution is 2.27. The lowest BCUT2D eigenvalue weighted by Gasteiger charge is -2.21. The standard InChI is InChI=1S/C17H21ClN2/c18-14-6-7-15-16(9-11-20-17(15)12-14)19-10-8-13-4-2-1-3-5-13/h6-7,9,11-13H,1-5,8,10H2,(H,19,20). The molecule has 0 amide bonds. The predicted molar refractivity (Wildman–Crippen MR) is 86.4 cm³/mol. The Morgan fingerprint density at radius 3 is 2.85 bits per heavy atom. The molecule has 0 aliphatic heterocycles. The van der Waals surface area contributed by atoms with Gasteiger partial charge in [-0.3, -0.25) is 4.98 Å². The third kappa shape index (κ3) is 3.24. The number of anilines is 1. The van der Waals surface area contributed by atoms with Gasteiger partial charge in [0.25, 0.3) is 0 Å². The van der Waals surface area contributed by atoms with Gasteiger partial charge in [0, 0.05) is 28.8 Å². The highest BCUT2D eigenvalue weighted by atomic mass is 35.5. The molecule has 2 aromatic rings. The van der Waals surface area contributed by atoms with Crippen molar-refractivity contribution >= 4 is 28.2 Å². The largest absolute Gasteiger partial charge is 0.384 e. The van der Waals surface area contributed by atoms with Gasteiger partial charge >= 0.3 is 0 Å². The Bertz CT molecular complexity index is 576. The predicted octanol–water partition coefficient (Wildman–Crippen LogP) is 5.27. The normalized spacial score (nSPS) is 16.4. The van der Waals surface area contributed by atoms with Crippen molar-refractivity contribution in [3.8, 4) is 0 Å². The van der Waals surface area contributed by atoms with Crippen LogP contribution >= 0.6 is 11.6 Å². The monoisotopic (exact) mass is 288 g/mol. The molecular formula is C17H21ClN2. The van der Waals surface area contributed by atoms with E-state index in [4.69, 9.17) is 11.6 Å². The molecule has 1 heterocycles. The molecule has 1 saturated carbocycles. The summed E-state index contributed by atoms with van der Waals surface area (Å²) in [5.41, 5.74) is 2.13. The number of pyridine rings is 1. The molecule has 2 nitrogen and oxygen atoms in total. The van der Waals surface area contributed by atoms with Crippen LogP contribution in [0.15, 0.2) is 30.5 Å². The summed E-state index contributed by atoms with van der Waals surface area (Å²) in [5, 5.41) is 5.46. The minimum Gasteiger partial charge on any atom is -0.384 e. The molecule has 0 bridgehead atoms. The van der Waals surface area contributed by atoms with Crippen LogP contribution in [-0.2, 0) is 0 Å². The van der Waals surface area contributed by atoms with Gasteiger partial charge in [0.15, 0.2) is 0 Å². The second-order valence-corrected chi connectivity index (χ2v) is 6.18. The highest BCUT2D eigenvalue weighted by Gasteiger charge is 2.12. The van der Waals surface area contributed by atoms with E-state index in [9.17, 15) is 0 Å². The van der Waals surface area contributed by atoms with Crippen molar-refractivity contribution in [2.45, 2.75) is 38.5 Å². The molecule has 1 aliphatic carbocycles. The number of hydrogen-bond donors (Lipinski definition) is 1. The van der Waals surface area contributed by atoms with Crippen LogP contribution in [0, 0.1) is 5.92 Å². The maximum atomic E-state index is 6.02. The van der Waals surface area contributed by atoms with Crippen molar-refractivity contribution in [3.05, 3.63) is 35.5 Å². The summed E-state index contributed by atoms with van der Waals surface area (Å²) in [6.07, 6.45) is 10.2. The Hall–Kier alpha value is -1.28. The van der Waals surface area contributed by atoms with Crippen molar-refractivity contribution in [1.29, 1.82) is 0 Å². The van der Waals surface area contributed by atoms with E-state index in [0.29, 0.717) is 0 Å². The molecule has 3 rings (SSSR count). The van der Waals surface area contributed by atoms with Crippen LogP contribution in [0.4, 0.5) is 5.69 Å². The van der Waals surface area contributed by atoms with Gasteiger partial charge in [0.05, 0.1) is 5.52 Å². The van der Waals surface area contributed by atoms with Crippen molar-refractivity contribution < 1.29 is 0 Å². The molecule has 1 fully saturated rings. The fraction of sp³-hybridized carbons (Fsp3) is 0.471. The maximum Gasteiger partial charge on any atom is 0.0737 e. The first kappa shape index (κ1) is 13.7. The van der Waals surface area contributed by atoms with Crippen molar-refractivity contribution in [2.75, 3.05) is 11.9 Å². The average Bonchev–Trinajstić information content (AvgIpc) is 2.48. The van der Waals surface area contributed by atoms with Gasteiger partial charge in [0.1, 0.15) is 0 Å². The highest BCUT2D eigenvalue weighted by molar-refractivity contribution is 6.31. The maximum absolute atomic E-state index is 6.02. The summed E-state index contributed by atoms with van der Waals surface area (Å²) < 4.78 is 0. The van der Waals surface area contributed by atoms with E-state index in [1.165, 1.54) is 44.2 Å². The number of rotatable bonds is 4. The Morgan fingerprint density at radius 1 is 1.15 bits per heavy atom. The van der Waals surface area contributed by atoms with Crippen LogP contribution in [0.1, 0.15) is 38.5 Å². The third-order valence-corrected chi connectivity index (χ3v) is 4.53. The lowest BCUT2D eigenvalue weighted by Crippen LogP contribution is -2.12. The minimum absolute atomic E-state index is 0.740. The van der Waals surface area contributed by atoms with E-state index < -0.39 is 0 Å². The Kier molecular flexibility index (Phi) is 4.41. The van der Waals surface area contributed by atoms with Crippen molar-refractivity contribution in [3.63, 3.8) is 0 Å². The van der Waals surface area contributed by atoms with Crippen LogP contribution in [0.25, 0.3) is 10.9 Å². The van der Waals surface area contributed by atoms with Crippen molar-refractivity contribution in [2.24, 2.45) is 5.92 Å².